The van der Waals surface area contributed by atoms with Crippen molar-refractivity contribution >= 4 is 21.8 Å². The number of nitrogens with zero attached hydrogens (tertiary/aromatic N) is 4. The molecule has 4 aromatic carbocycles. The van der Waals surface area contributed by atoms with Crippen molar-refractivity contribution in [3.63, 3.8) is 0 Å². The monoisotopic (exact) mass is 815 g/mol. The average Bonchev–Trinajstić information content (AvgIpc) is 3.66. The van der Waals surface area contributed by atoms with Gasteiger partial charge in [0.15, 0.2) is 0 Å². The Kier molecular flexibility index (Phi) is 9.15. The van der Waals surface area contributed by atoms with E-state index in [0.717, 1.165) is 33.1 Å². The number of pyridine rings is 1. The Balaban J connectivity index is 0.00000401. The van der Waals surface area contributed by atoms with E-state index in [1.807, 2.05) is 70.0 Å². The van der Waals surface area contributed by atoms with Gasteiger partial charge in [0.1, 0.15) is 11.6 Å². The Morgan fingerprint density at radius 2 is 1.48 bits per heavy atom. The van der Waals surface area contributed by atoms with Crippen LogP contribution in [0.4, 0.5) is 4.39 Å². The van der Waals surface area contributed by atoms with Crippen LogP contribution in [-0.2, 0) is 21.1 Å². The SMILES string of the molecule is Cc1c(C)c(C(C)C)c(-c2cnn(-c3[c-]c(Oc4[c-]c5c(cc4)c4ccccc4n5-c4cc(F)ccn4)ccc3)c2)c(C(C)C)c1C.[Pt+2]. The van der Waals surface area contributed by atoms with E-state index in [-0.39, 0.29) is 26.9 Å². The van der Waals surface area contributed by atoms with Gasteiger partial charge in [-0.1, -0.05) is 51.4 Å². The molecule has 0 aliphatic rings. The van der Waals surface area contributed by atoms with Crippen molar-refractivity contribution in [3.05, 3.63) is 131 Å². The first kappa shape index (κ1) is 33.4. The van der Waals surface area contributed by atoms with E-state index in [2.05, 4.69) is 71.8 Å². The molecule has 0 unspecified atom stereocenters. The van der Waals surface area contributed by atoms with Crippen molar-refractivity contribution < 1.29 is 30.2 Å². The second-order valence-electron chi connectivity index (χ2n) is 12.8. The second kappa shape index (κ2) is 13.2. The number of halogens is 1. The zero-order valence-corrected chi connectivity index (χ0v) is 30.4. The topological polar surface area (TPSA) is 44.9 Å². The number of ether oxygens (including phenoxy) is 1. The quantitative estimate of drug-likeness (QED) is 0.151. The largest absolute Gasteiger partial charge is 2.00 e. The number of benzene rings is 4. The molecule has 7 rings (SSSR count). The minimum atomic E-state index is -0.352. The normalized spacial score (nSPS) is 11.5. The van der Waals surface area contributed by atoms with Crippen LogP contribution in [0.15, 0.2) is 85.3 Å². The molecular weight excluding hydrogens is 779 g/mol. The average molecular weight is 816 g/mol. The minimum absolute atomic E-state index is 0. The molecule has 0 fully saturated rings. The van der Waals surface area contributed by atoms with Crippen LogP contribution in [0.25, 0.3) is 44.4 Å². The van der Waals surface area contributed by atoms with E-state index in [1.54, 1.807) is 0 Å². The van der Waals surface area contributed by atoms with Gasteiger partial charge in [-0.2, -0.15) is 17.2 Å². The van der Waals surface area contributed by atoms with Crippen molar-refractivity contribution in [2.45, 2.75) is 60.3 Å². The number of para-hydroxylation sites is 1. The Labute approximate surface area is 295 Å². The fourth-order valence-electron chi connectivity index (χ4n) is 6.98. The van der Waals surface area contributed by atoms with Gasteiger partial charge in [0, 0.05) is 41.0 Å². The van der Waals surface area contributed by atoms with Crippen LogP contribution >= 0.6 is 0 Å². The molecule has 5 nitrogen and oxygen atoms in total. The first-order valence-corrected chi connectivity index (χ1v) is 16.1. The summed E-state index contributed by atoms with van der Waals surface area (Å²) < 4.78 is 24.4. The smallest absolute Gasteiger partial charge is 0.509 e. The van der Waals surface area contributed by atoms with Gasteiger partial charge in [-0.3, -0.25) is 4.68 Å². The molecule has 3 heterocycles. The molecule has 0 radical (unpaired) electrons. The van der Waals surface area contributed by atoms with Crippen molar-refractivity contribution in [2.75, 3.05) is 0 Å². The van der Waals surface area contributed by atoms with Gasteiger partial charge in [0.25, 0.3) is 0 Å². The molecule has 0 aliphatic heterocycles. The van der Waals surface area contributed by atoms with E-state index in [4.69, 9.17) is 9.84 Å². The van der Waals surface area contributed by atoms with Crippen molar-refractivity contribution in [3.8, 4) is 34.1 Å². The molecule has 0 atom stereocenters. The third kappa shape index (κ3) is 5.77. The minimum Gasteiger partial charge on any atom is -0.509 e. The predicted molar refractivity (Wildman–Crippen MR) is 188 cm³/mol. The maximum Gasteiger partial charge on any atom is 2.00 e. The third-order valence-electron chi connectivity index (χ3n) is 9.21. The molecule has 0 aliphatic carbocycles. The van der Waals surface area contributed by atoms with Gasteiger partial charge in [-0.15, -0.1) is 35.7 Å². The first-order chi connectivity index (χ1) is 22.6. The zero-order chi connectivity index (χ0) is 33.0. The summed E-state index contributed by atoms with van der Waals surface area (Å²) >= 11 is 0. The summed E-state index contributed by atoms with van der Waals surface area (Å²) in [6.45, 7) is 15.8. The number of rotatable bonds is 7. The molecule has 0 spiro atoms. The Hall–Kier alpha value is -4.54. The van der Waals surface area contributed by atoms with E-state index < -0.39 is 0 Å². The summed E-state index contributed by atoms with van der Waals surface area (Å²) in [5, 5.41) is 6.80. The van der Waals surface area contributed by atoms with Gasteiger partial charge in [0.05, 0.1) is 6.20 Å². The van der Waals surface area contributed by atoms with Crippen LogP contribution in [0.1, 0.15) is 67.3 Å². The molecule has 7 aromatic rings. The summed E-state index contributed by atoms with van der Waals surface area (Å²) in [7, 11) is 0. The van der Waals surface area contributed by atoms with Crippen LogP contribution in [-0.4, -0.2) is 19.3 Å². The van der Waals surface area contributed by atoms with E-state index >= 15 is 0 Å². The summed E-state index contributed by atoms with van der Waals surface area (Å²) in [5.41, 5.74) is 11.7. The molecule has 0 bridgehead atoms. The van der Waals surface area contributed by atoms with Gasteiger partial charge in [0.2, 0.25) is 0 Å². The summed E-state index contributed by atoms with van der Waals surface area (Å²) in [6.07, 6.45) is 5.53. The standard InChI is InChI=1S/C41H37FN4O.Pt/c1-24(2)39-27(6)26(5)28(7)40(25(3)4)41(39)29-22-44-45(23-29)31-11-10-12-32(20-31)47-33-15-16-35-34-13-8-9-14-36(34)46(37(35)21-33)38-19-30(42)17-18-43-38;/h8-19,22-25H,1-7H3;/q-2;+2. The first-order valence-electron chi connectivity index (χ1n) is 16.1. The second-order valence-corrected chi connectivity index (χ2v) is 12.8. The predicted octanol–water partition coefficient (Wildman–Crippen LogP) is 10.7. The zero-order valence-electron chi connectivity index (χ0n) is 28.1. The Bertz CT molecular complexity index is 2260. The summed E-state index contributed by atoms with van der Waals surface area (Å²) in [4.78, 5) is 4.45. The number of fused-ring (bicyclic) bond motifs is 3. The van der Waals surface area contributed by atoms with Gasteiger partial charge < -0.3 is 9.30 Å². The van der Waals surface area contributed by atoms with E-state index in [1.165, 1.54) is 51.7 Å². The molecule has 0 N–H and O–H groups in total. The molecule has 48 heavy (non-hydrogen) atoms. The third-order valence-corrected chi connectivity index (χ3v) is 9.21. The molecule has 0 saturated carbocycles. The fraction of sp³-hybridized carbons (Fsp3) is 0.220. The maximum absolute atomic E-state index is 14.3. The number of hydrogen-bond donors (Lipinski definition) is 0. The van der Waals surface area contributed by atoms with Crippen molar-refractivity contribution in [1.82, 2.24) is 19.3 Å². The Morgan fingerprint density at radius 3 is 2.19 bits per heavy atom. The molecule has 0 saturated heterocycles. The van der Waals surface area contributed by atoms with Gasteiger partial charge >= 0.3 is 21.1 Å². The number of hydrogen-bond acceptors (Lipinski definition) is 3. The molecule has 0 amide bonds. The van der Waals surface area contributed by atoms with Crippen LogP contribution < -0.4 is 4.74 Å². The summed E-state index contributed by atoms with van der Waals surface area (Å²) in [6, 6.07) is 27.3. The summed E-state index contributed by atoms with van der Waals surface area (Å²) in [5.74, 6) is 1.92. The van der Waals surface area contributed by atoms with Gasteiger partial charge in [-0.05, 0) is 89.2 Å². The molecular formula is C41H37FN4OPt. The fourth-order valence-corrected chi connectivity index (χ4v) is 6.98. The van der Waals surface area contributed by atoms with E-state index in [9.17, 15) is 4.39 Å². The van der Waals surface area contributed by atoms with Crippen LogP contribution in [0.2, 0.25) is 0 Å². The molecule has 3 aromatic heterocycles. The van der Waals surface area contributed by atoms with Crippen LogP contribution in [0, 0.1) is 38.7 Å². The molecule has 7 heteroatoms. The Morgan fingerprint density at radius 1 is 0.771 bits per heavy atom. The van der Waals surface area contributed by atoms with E-state index in [0.29, 0.717) is 29.2 Å². The van der Waals surface area contributed by atoms with Gasteiger partial charge in [-0.25, -0.2) is 9.37 Å². The van der Waals surface area contributed by atoms with Crippen LogP contribution in [0.3, 0.4) is 0 Å². The van der Waals surface area contributed by atoms with Crippen molar-refractivity contribution in [2.24, 2.45) is 0 Å². The maximum atomic E-state index is 14.3. The van der Waals surface area contributed by atoms with Crippen molar-refractivity contribution in [1.29, 1.82) is 0 Å². The molecule has 244 valence electrons. The van der Waals surface area contributed by atoms with Crippen LogP contribution in [0.5, 0.6) is 11.5 Å². The number of aromatic nitrogens is 4.